The molecule has 0 aliphatic heterocycles. The van der Waals surface area contributed by atoms with E-state index in [-0.39, 0.29) is 18.4 Å². The molecule has 6 heteroatoms. The molecule has 0 saturated carbocycles. The summed E-state index contributed by atoms with van der Waals surface area (Å²) in [5.41, 5.74) is 0.972. The van der Waals surface area contributed by atoms with Gasteiger partial charge in [-0.05, 0) is 37.1 Å². The third-order valence-electron chi connectivity index (χ3n) is 4.54. The van der Waals surface area contributed by atoms with E-state index < -0.39 is 5.60 Å². The summed E-state index contributed by atoms with van der Waals surface area (Å²) < 4.78 is 5.14. The van der Waals surface area contributed by atoms with Crippen molar-refractivity contribution in [2.24, 2.45) is 5.92 Å². The Morgan fingerprint density at radius 3 is 2.67 bits per heavy atom. The second-order valence-corrected chi connectivity index (χ2v) is 6.24. The lowest BCUT2D eigenvalue weighted by Gasteiger charge is -2.29. The van der Waals surface area contributed by atoms with Crippen molar-refractivity contribution in [2.45, 2.75) is 32.8 Å². The van der Waals surface area contributed by atoms with E-state index in [2.05, 4.69) is 15.5 Å². The van der Waals surface area contributed by atoms with Crippen molar-refractivity contribution < 1.29 is 14.6 Å². The summed E-state index contributed by atoms with van der Waals surface area (Å²) in [6.45, 7) is 5.90. The number of nitrogens with zero attached hydrogens (tertiary/aromatic N) is 1. The lowest BCUT2D eigenvalue weighted by Crippen LogP contribution is -2.45. The van der Waals surface area contributed by atoms with Crippen LogP contribution in [-0.2, 0) is 0 Å². The quantitative estimate of drug-likeness (QED) is 0.728. The van der Waals surface area contributed by atoms with Gasteiger partial charge in [0.25, 0.3) is 5.91 Å². The number of benzene rings is 1. The number of aromatic amines is 1. The molecule has 2 unspecified atom stereocenters. The molecule has 0 aliphatic rings. The Morgan fingerprint density at radius 1 is 1.42 bits per heavy atom. The number of hydrogen-bond donors (Lipinski definition) is 3. The zero-order valence-corrected chi connectivity index (χ0v) is 14.6. The van der Waals surface area contributed by atoms with Crippen LogP contribution in [0.2, 0.25) is 0 Å². The number of H-pyrrole nitrogens is 1. The first-order valence-electron chi connectivity index (χ1n) is 8.07. The topological polar surface area (TPSA) is 87.2 Å². The summed E-state index contributed by atoms with van der Waals surface area (Å²) in [6.07, 6.45) is 2.33. The van der Waals surface area contributed by atoms with Crippen LogP contribution in [0, 0.1) is 5.92 Å². The molecule has 24 heavy (non-hydrogen) atoms. The van der Waals surface area contributed by atoms with E-state index in [0.29, 0.717) is 11.3 Å². The molecule has 3 N–H and O–H groups in total. The Morgan fingerprint density at radius 2 is 2.08 bits per heavy atom. The van der Waals surface area contributed by atoms with Crippen LogP contribution in [0.1, 0.15) is 37.6 Å². The Kier molecular flexibility index (Phi) is 5.62. The minimum atomic E-state index is -0.950. The molecule has 6 nitrogen and oxygen atoms in total. The minimum Gasteiger partial charge on any atom is -0.497 e. The van der Waals surface area contributed by atoms with Crippen molar-refractivity contribution in [3.63, 3.8) is 0 Å². The maximum atomic E-state index is 12.5. The number of carbonyl (C=O) groups is 1. The molecule has 0 saturated heterocycles. The third kappa shape index (κ3) is 3.94. The van der Waals surface area contributed by atoms with Crippen LogP contribution in [-0.4, -0.2) is 40.5 Å². The van der Waals surface area contributed by atoms with Gasteiger partial charge in [0.05, 0.1) is 30.2 Å². The van der Waals surface area contributed by atoms with Crippen molar-refractivity contribution in [1.82, 2.24) is 15.5 Å². The molecule has 130 valence electrons. The standard InChI is InChI=1S/C18H25N3O3/c1-5-12(2)18(3,23)11-19-17(22)15-10-20-21-16(15)13-6-8-14(24-4)9-7-13/h6-10,12,23H,5,11H2,1-4H3,(H,19,22)(H,20,21). The van der Waals surface area contributed by atoms with Crippen molar-refractivity contribution >= 4 is 5.91 Å². The maximum Gasteiger partial charge on any atom is 0.255 e. The van der Waals surface area contributed by atoms with E-state index in [9.17, 15) is 9.90 Å². The highest BCUT2D eigenvalue weighted by atomic mass is 16.5. The lowest BCUT2D eigenvalue weighted by molar-refractivity contribution is 0.00593. The summed E-state index contributed by atoms with van der Waals surface area (Å²) in [6, 6.07) is 7.37. The number of aliphatic hydroxyl groups is 1. The maximum absolute atomic E-state index is 12.5. The SMILES string of the molecule is CCC(C)C(C)(O)CNC(=O)c1cn[nH]c1-c1ccc(OC)cc1. The monoisotopic (exact) mass is 331 g/mol. The highest BCUT2D eigenvalue weighted by Crippen LogP contribution is 2.24. The van der Waals surface area contributed by atoms with Gasteiger partial charge in [-0.3, -0.25) is 9.89 Å². The average molecular weight is 331 g/mol. The normalized spacial score (nSPS) is 14.7. The van der Waals surface area contributed by atoms with Gasteiger partial charge in [0.2, 0.25) is 0 Å². The first-order valence-corrected chi connectivity index (χ1v) is 8.07. The Bertz CT molecular complexity index is 677. The van der Waals surface area contributed by atoms with Crippen molar-refractivity contribution in [2.75, 3.05) is 13.7 Å². The fourth-order valence-electron chi connectivity index (χ4n) is 2.40. The second-order valence-electron chi connectivity index (χ2n) is 6.24. The van der Waals surface area contributed by atoms with E-state index >= 15 is 0 Å². The van der Waals surface area contributed by atoms with Crippen LogP contribution >= 0.6 is 0 Å². The molecule has 1 amide bonds. The number of amides is 1. The molecule has 2 atom stereocenters. The van der Waals surface area contributed by atoms with Gasteiger partial charge in [0, 0.05) is 12.1 Å². The molecule has 0 aliphatic carbocycles. The van der Waals surface area contributed by atoms with E-state index in [4.69, 9.17) is 4.74 Å². The number of methoxy groups -OCH3 is 1. The van der Waals surface area contributed by atoms with E-state index in [1.807, 2.05) is 38.1 Å². The van der Waals surface area contributed by atoms with Crippen LogP contribution in [0.4, 0.5) is 0 Å². The van der Waals surface area contributed by atoms with Crippen LogP contribution in [0.15, 0.2) is 30.5 Å². The fourth-order valence-corrected chi connectivity index (χ4v) is 2.40. The van der Waals surface area contributed by atoms with Gasteiger partial charge in [0.1, 0.15) is 5.75 Å². The first kappa shape index (κ1) is 18.0. The zero-order valence-electron chi connectivity index (χ0n) is 14.6. The highest BCUT2D eigenvalue weighted by Gasteiger charge is 2.28. The summed E-state index contributed by atoms with van der Waals surface area (Å²) >= 11 is 0. The van der Waals surface area contributed by atoms with Crippen LogP contribution in [0.25, 0.3) is 11.3 Å². The van der Waals surface area contributed by atoms with Crippen LogP contribution in [0.5, 0.6) is 5.75 Å². The van der Waals surface area contributed by atoms with Gasteiger partial charge in [-0.1, -0.05) is 20.3 Å². The molecular weight excluding hydrogens is 306 g/mol. The molecule has 0 fully saturated rings. The number of hydrogen-bond acceptors (Lipinski definition) is 4. The van der Waals surface area contributed by atoms with Crippen molar-refractivity contribution in [3.8, 4) is 17.0 Å². The predicted molar refractivity (Wildman–Crippen MR) is 93.0 cm³/mol. The third-order valence-corrected chi connectivity index (χ3v) is 4.54. The number of aromatic nitrogens is 2. The summed E-state index contributed by atoms with van der Waals surface area (Å²) in [4.78, 5) is 12.5. The van der Waals surface area contributed by atoms with E-state index in [0.717, 1.165) is 17.7 Å². The molecule has 2 aromatic rings. The largest absolute Gasteiger partial charge is 0.497 e. The van der Waals surface area contributed by atoms with Gasteiger partial charge in [-0.25, -0.2) is 0 Å². The minimum absolute atomic E-state index is 0.0863. The molecule has 1 aromatic heterocycles. The Labute approximate surface area is 142 Å². The fraction of sp³-hybridized carbons (Fsp3) is 0.444. The van der Waals surface area contributed by atoms with Crippen molar-refractivity contribution in [1.29, 1.82) is 0 Å². The first-order chi connectivity index (χ1) is 11.4. The number of carbonyl (C=O) groups excluding carboxylic acids is 1. The molecular formula is C18H25N3O3. The predicted octanol–water partition coefficient (Wildman–Crippen LogP) is 2.61. The Hall–Kier alpha value is -2.34. The zero-order chi connectivity index (χ0) is 17.7. The van der Waals surface area contributed by atoms with Gasteiger partial charge < -0.3 is 15.2 Å². The molecule has 1 aromatic carbocycles. The molecule has 0 radical (unpaired) electrons. The van der Waals surface area contributed by atoms with Crippen LogP contribution < -0.4 is 10.1 Å². The summed E-state index contributed by atoms with van der Waals surface area (Å²) in [7, 11) is 1.60. The molecule has 0 bridgehead atoms. The van der Waals surface area contributed by atoms with E-state index in [1.165, 1.54) is 6.20 Å². The Balaban J connectivity index is 2.12. The number of ether oxygens (including phenoxy) is 1. The van der Waals surface area contributed by atoms with Gasteiger partial charge in [-0.15, -0.1) is 0 Å². The average Bonchev–Trinajstić information content (AvgIpc) is 3.08. The van der Waals surface area contributed by atoms with Crippen molar-refractivity contribution in [3.05, 3.63) is 36.0 Å². The van der Waals surface area contributed by atoms with Gasteiger partial charge >= 0.3 is 0 Å². The smallest absolute Gasteiger partial charge is 0.255 e. The molecule has 2 rings (SSSR count). The molecule has 1 heterocycles. The molecule has 0 spiro atoms. The number of nitrogens with one attached hydrogen (secondary N) is 2. The van der Waals surface area contributed by atoms with Gasteiger partial charge in [-0.2, -0.15) is 5.10 Å². The van der Waals surface area contributed by atoms with E-state index in [1.54, 1.807) is 14.0 Å². The summed E-state index contributed by atoms with van der Waals surface area (Å²) in [5, 5.41) is 20.1. The number of rotatable bonds is 7. The summed E-state index contributed by atoms with van der Waals surface area (Å²) in [5.74, 6) is 0.565. The van der Waals surface area contributed by atoms with Crippen LogP contribution in [0.3, 0.4) is 0 Å². The van der Waals surface area contributed by atoms with Gasteiger partial charge in [0.15, 0.2) is 0 Å². The second kappa shape index (κ2) is 7.49. The lowest BCUT2D eigenvalue weighted by atomic mass is 9.88. The highest BCUT2D eigenvalue weighted by molar-refractivity contribution is 5.99.